The van der Waals surface area contributed by atoms with E-state index in [-0.39, 0.29) is 12.5 Å². The second kappa shape index (κ2) is 9.54. The number of rotatable bonds is 8. The number of anilines is 1. The molecule has 2 aromatic rings. The molecule has 0 aliphatic rings. The quantitative estimate of drug-likeness (QED) is 0.449. The Balaban J connectivity index is 1.84. The second-order valence-corrected chi connectivity index (χ2v) is 9.36. The molecule has 0 unspecified atom stereocenters. The molecule has 136 valence electrons. The molecule has 0 saturated carbocycles. The van der Waals surface area contributed by atoms with Crippen molar-refractivity contribution in [2.45, 2.75) is 38.0 Å². The van der Waals surface area contributed by atoms with Crippen LogP contribution in [0.2, 0.25) is 0 Å². The summed E-state index contributed by atoms with van der Waals surface area (Å²) in [5.41, 5.74) is 1.21. The molecule has 2 rings (SSSR count). The molecule has 0 aliphatic carbocycles. The molecule has 0 fully saturated rings. The number of carbonyl (C=O) groups is 1. The second-order valence-electron chi connectivity index (χ2n) is 6.26. The fraction of sp³-hybridized carbons (Fsp3) is 0.471. The molecule has 0 radical (unpaired) electrons. The summed E-state index contributed by atoms with van der Waals surface area (Å²) >= 11 is 6.51. The van der Waals surface area contributed by atoms with Crippen LogP contribution >= 0.6 is 39.0 Å². The number of amides is 1. The first-order valence-corrected chi connectivity index (χ1v) is 10.6. The summed E-state index contributed by atoms with van der Waals surface area (Å²) in [5.74, 6) is 2.39. The summed E-state index contributed by atoms with van der Waals surface area (Å²) in [6.07, 6.45) is 0. The monoisotopic (exact) mass is 443 g/mol. The van der Waals surface area contributed by atoms with Gasteiger partial charge >= 0.3 is 0 Å². The SMILES string of the molecule is CC(C)CSc1nnc(NC(=O)COc2ccc(C(C)C)cc2Br)s1. The van der Waals surface area contributed by atoms with Crippen LogP contribution in [0.1, 0.15) is 39.2 Å². The number of benzene rings is 1. The van der Waals surface area contributed by atoms with E-state index < -0.39 is 0 Å². The van der Waals surface area contributed by atoms with Gasteiger partial charge in [0.25, 0.3) is 5.91 Å². The van der Waals surface area contributed by atoms with Crippen LogP contribution in [0.4, 0.5) is 5.13 Å². The van der Waals surface area contributed by atoms with E-state index in [4.69, 9.17) is 4.74 Å². The van der Waals surface area contributed by atoms with E-state index in [0.717, 1.165) is 14.6 Å². The Labute approximate surface area is 165 Å². The molecule has 5 nitrogen and oxygen atoms in total. The number of carbonyl (C=O) groups excluding carboxylic acids is 1. The van der Waals surface area contributed by atoms with Gasteiger partial charge in [-0.2, -0.15) is 0 Å². The van der Waals surface area contributed by atoms with Crippen LogP contribution in [0.3, 0.4) is 0 Å². The lowest BCUT2D eigenvalue weighted by atomic mass is 10.0. The maximum atomic E-state index is 12.0. The Morgan fingerprint density at radius 1 is 1.32 bits per heavy atom. The van der Waals surface area contributed by atoms with Crippen LogP contribution in [0.5, 0.6) is 5.75 Å². The van der Waals surface area contributed by atoms with E-state index in [2.05, 4.69) is 59.1 Å². The van der Waals surface area contributed by atoms with Gasteiger partial charge in [0, 0.05) is 5.75 Å². The number of hydrogen-bond acceptors (Lipinski definition) is 6. The molecular formula is C17H22BrN3O2S2. The molecule has 8 heteroatoms. The first-order valence-electron chi connectivity index (χ1n) is 8.03. The largest absolute Gasteiger partial charge is 0.483 e. The number of nitrogens with one attached hydrogen (secondary N) is 1. The van der Waals surface area contributed by atoms with Crippen molar-refractivity contribution < 1.29 is 9.53 Å². The summed E-state index contributed by atoms with van der Waals surface area (Å²) in [7, 11) is 0. The van der Waals surface area contributed by atoms with Gasteiger partial charge in [-0.15, -0.1) is 10.2 Å². The van der Waals surface area contributed by atoms with Gasteiger partial charge in [0.1, 0.15) is 5.75 Å². The maximum Gasteiger partial charge on any atom is 0.264 e. The number of ether oxygens (including phenoxy) is 1. The minimum Gasteiger partial charge on any atom is -0.483 e. The van der Waals surface area contributed by atoms with Crippen molar-refractivity contribution in [3.63, 3.8) is 0 Å². The lowest BCUT2D eigenvalue weighted by Gasteiger charge is -2.11. The molecule has 0 saturated heterocycles. The molecule has 0 atom stereocenters. The van der Waals surface area contributed by atoms with E-state index in [1.807, 2.05) is 18.2 Å². The maximum absolute atomic E-state index is 12.0. The van der Waals surface area contributed by atoms with Crippen molar-refractivity contribution in [1.82, 2.24) is 10.2 Å². The minimum absolute atomic E-state index is 0.0757. The topological polar surface area (TPSA) is 64.1 Å². The molecular weight excluding hydrogens is 422 g/mol. The molecule has 0 spiro atoms. The van der Waals surface area contributed by atoms with Crippen LogP contribution in [-0.4, -0.2) is 28.5 Å². The predicted molar refractivity (Wildman–Crippen MR) is 108 cm³/mol. The third-order valence-electron chi connectivity index (χ3n) is 3.17. The van der Waals surface area contributed by atoms with Crippen LogP contribution in [0, 0.1) is 5.92 Å². The highest BCUT2D eigenvalue weighted by atomic mass is 79.9. The molecule has 1 amide bonds. The molecule has 0 bridgehead atoms. The molecule has 0 aliphatic heterocycles. The third-order valence-corrected chi connectivity index (χ3v) is 6.19. The third kappa shape index (κ3) is 6.60. The molecule has 1 aromatic carbocycles. The summed E-state index contributed by atoms with van der Waals surface area (Å²) in [5, 5.41) is 11.3. The molecule has 1 N–H and O–H groups in total. The van der Waals surface area contributed by atoms with Gasteiger partial charge in [-0.25, -0.2) is 0 Å². The van der Waals surface area contributed by atoms with Gasteiger partial charge in [0.15, 0.2) is 10.9 Å². The number of aromatic nitrogens is 2. The van der Waals surface area contributed by atoms with E-state index in [0.29, 0.717) is 22.7 Å². The molecule has 1 heterocycles. The van der Waals surface area contributed by atoms with E-state index in [1.54, 1.807) is 11.8 Å². The Bertz CT molecular complexity index is 720. The Morgan fingerprint density at radius 2 is 2.08 bits per heavy atom. The number of hydrogen-bond donors (Lipinski definition) is 1. The van der Waals surface area contributed by atoms with E-state index in [9.17, 15) is 4.79 Å². The highest BCUT2D eigenvalue weighted by molar-refractivity contribution is 9.10. The number of thioether (sulfide) groups is 1. The summed E-state index contributed by atoms with van der Waals surface area (Å²) in [6.45, 7) is 8.49. The number of halogens is 1. The van der Waals surface area contributed by atoms with Gasteiger partial charge in [-0.3, -0.25) is 10.1 Å². The van der Waals surface area contributed by atoms with Crippen molar-refractivity contribution in [1.29, 1.82) is 0 Å². The minimum atomic E-state index is -0.253. The number of nitrogens with zero attached hydrogens (tertiary/aromatic N) is 2. The Morgan fingerprint density at radius 3 is 2.72 bits per heavy atom. The van der Waals surface area contributed by atoms with Crippen LogP contribution in [-0.2, 0) is 4.79 Å². The van der Waals surface area contributed by atoms with Gasteiger partial charge in [-0.05, 0) is 45.5 Å². The summed E-state index contributed by atoms with van der Waals surface area (Å²) < 4.78 is 7.28. The first kappa shape index (κ1) is 20.2. The smallest absolute Gasteiger partial charge is 0.264 e. The summed E-state index contributed by atoms with van der Waals surface area (Å²) in [4.78, 5) is 12.0. The van der Waals surface area contributed by atoms with Crippen molar-refractivity contribution >= 4 is 50.1 Å². The lowest BCUT2D eigenvalue weighted by molar-refractivity contribution is -0.118. The fourth-order valence-corrected chi connectivity index (χ4v) is 4.10. The highest BCUT2D eigenvalue weighted by Crippen LogP contribution is 2.29. The molecule has 25 heavy (non-hydrogen) atoms. The zero-order valence-electron chi connectivity index (χ0n) is 14.7. The van der Waals surface area contributed by atoms with Gasteiger partial charge in [0.2, 0.25) is 5.13 Å². The standard InChI is InChI=1S/C17H22BrN3O2S2/c1-10(2)9-24-17-21-20-16(25-17)19-15(22)8-23-14-6-5-12(11(3)4)7-13(14)18/h5-7,10-11H,8-9H2,1-4H3,(H,19,20,22). The van der Waals surface area contributed by atoms with Crippen LogP contribution < -0.4 is 10.1 Å². The summed E-state index contributed by atoms with van der Waals surface area (Å²) in [6, 6.07) is 5.89. The van der Waals surface area contributed by atoms with Gasteiger partial charge < -0.3 is 4.74 Å². The predicted octanol–water partition coefficient (Wildman–Crippen LogP) is 5.19. The van der Waals surface area contributed by atoms with E-state index >= 15 is 0 Å². The average molecular weight is 444 g/mol. The Hall–Kier alpha value is -1.12. The zero-order valence-corrected chi connectivity index (χ0v) is 17.9. The lowest BCUT2D eigenvalue weighted by Crippen LogP contribution is -2.20. The van der Waals surface area contributed by atoms with Crippen molar-refractivity contribution in [3.05, 3.63) is 28.2 Å². The Kier molecular flexibility index (Phi) is 7.71. The van der Waals surface area contributed by atoms with Gasteiger partial charge in [-0.1, -0.05) is 56.9 Å². The first-order chi connectivity index (χ1) is 11.8. The fourth-order valence-electron chi connectivity index (χ4n) is 1.85. The van der Waals surface area contributed by atoms with Crippen LogP contribution in [0.25, 0.3) is 0 Å². The van der Waals surface area contributed by atoms with Crippen molar-refractivity contribution in [3.8, 4) is 5.75 Å². The van der Waals surface area contributed by atoms with E-state index in [1.165, 1.54) is 16.9 Å². The molecule has 1 aromatic heterocycles. The zero-order chi connectivity index (χ0) is 18.4. The van der Waals surface area contributed by atoms with Crippen LogP contribution in [0.15, 0.2) is 27.0 Å². The highest BCUT2D eigenvalue weighted by Gasteiger charge is 2.11. The van der Waals surface area contributed by atoms with Crippen molar-refractivity contribution in [2.24, 2.45) is 5.92 Å². The average Bonchev–Trinajstić information content (AvgIpc) is 2.99. The normalized spacial score (nSPS) is 11.2. The van der Waals surface area contributed by atoms with Crippen molar-refractivity contribution in [2.75, 3.05) is 17.7 Å². The van der Waals surface area contributed by atoms with Gasteiger partial charge in [0.05, 0.1) is 4.47 Å².